The van der Waals surface area contributed by atoms with Gasteiger partial charge in [-0.3, -0.25) is 14.5 Å². The maximum absolute atomic E-state index is 12.4. The first-order valence-electron chi connectivity index (χ1n) is 7.08. The van der Waals surface area contributed by atoms with Crippen LogP contribution in [0.2, 0.25) is 0 Å². The Labute approximate surface area is 157 Å². The summed E-state index contributed by atoms with van der Waals surface area (Å²) < 4.78 is 5.48. The van der Waals surface area contributed by atoms with Gasteiger partial charge in [-0.2, -0.15) is 0 Å². The van der Waals surface area contributed by atoms with Crippen LogP contribution >= 0.6 is 36.4 Å². The second-order valence-corrected chi connectivity index (χ2v) is 6.88. The number of thiocarbonyl (C=S) groups is 1. The highest BCUT2D eigenvalue weighted by Crippen LogP contribution is 2.32. The lowest BCUT2D eigenvalue weighted by atomic mass is 10.2. The molecule has 0 aromatic heterocycles. The molecule has 0 bridgehead atoms. The second-order valence-electron chi connectivity index (χ2n) is 5.20. The number of thioether (sulfide) groups is 1. The molecule has 1 heterocycles. The first kappa shape index (κ1) is 20.6. The summed E-state index contributed by atoms with van der Waals surface area (Å²) in [5.74, 6) is -0.711. The molecule has 1 fully saturated rings. The van der Waals surface area contributed by atoms with E-state index < -0.39 is 5.97 Å². The van der Waals surface area contributed by atoms with Gasteiger partial charge in [0.25, 0.3) is 5.91 Å². The number of hydrogen-bond donors (Lipinski definition) is 0. The molecule has 1 aromatic carbocycles. The Morgan fingerprint density at radius 1 is 1.33 bits per heavy atom. The molecule has 0 atom stereocenters. The number of nitrogens with zero attached hydrogens (tertiary/aromatic N) is 2. The largest absolute Gasteiger partial charge is 0.463 e. The van der Waals surface area contributed by atoms with Crippen LogP contribution in [0.3, 0.4) is 0 Å². The molecule has 0 saturated carbocycles. The van der Waals surface area contributed by atoms with Gasteiger partial charge in [-0.05, 0) is 25.7 Å². The molecule has 0 radical (unpaired) electrons. The highest BCUT2D eigenvalue weighted by atomic mass is 35.5. The SMILES string of the molecule is CN(C)CCOC(=O)CN1C(=O)/C(=C/c2ccccc2)SC1=S.Cl. The van der Waals surface area contributed by atoms with E-state index in [0.29, 0.717) is 22.4 Å². The van der Waals surface area contributed by atoms with Gasteiger partial charge in [0.05, 0.1) is 4.91 Å². The van der Waals surface area contributed by atoms with Crippen LogP contribution in [0.4, 0.5) is 0 Å². The van der Waals surface area contributed by atoms with Gasteiger partial charge >= 0.3 is 5.97 Å². The number of benzene rings is 1. The van der Waals surface area contributed by atoms with Crippen molar-refractivity contribution in [2.45, 2.75) is 0 Å². The van der Waals surface area contributed by atoms with Crippen molar-refractivity contribution in [3.8, 4) is 0 Å². The molecule has 0 aliphatic carbocycles. The number of rotatable bonds is 6. The number of hydrogen-bond acceptors (Lipinski definition) is 6. The van der Waals surface area contributed by atoms with E-state index in [0.717, 1.165) is 5.56 Å². The van der Waals surface area contributed by atoms with Crippen LogP contribution in [0.5, 0.6) is 0 Å². The van der Waals surface area contributed by atoms with Gasteiger partial charge < -0.3 is 9.64 Å². The first-order chi connectivity index (χ1) is 11.0. The molecule has 5 nitrogen and oxygen atoms in total. The average Bonchev–Trinajstić information content (AvgIpc) is 2.75. The number of ether oxygens (including phenoxy) is 1. The Kier molecular flexibility index (Phi) is 8.41. The molecule has 1 aliphatic heterocycles. The summed E-state index contributed by atoms with van der Waals surface area (Å²) in [5.41, 5.74) is 0.918. The summed E-state index contributed by atoms with van der Waals surface area (Å²) in [6.45, 7) is 0.781. The zero-order valence-electron chi connectivity index (χ0n) is 13.4. The highest BCUT2D eigenvalue weighted by molar-refractivity contribution is 8.26. The molecule has 0 unspecified atom stereocenters. The molecule has 1 amide bonds. The summed E-state index contributed by atoms with van der Waals surface area (Å²) in [6.07, 6.45) is 1.77. The van der Waals surface area contributed by atoms with Crippen LogP contribution in [0.25, 0.3) is 6.08 Å². The van der Waals surface area contributed by atoms with E-state index in [-0.39, 0.29) is 24.9 Å². The second kappa shape index (κ2) is 9.78. The van der Waals surface area contributed by atoms with E-state index in [1.807, 2.05) is 49.3 Å². The molecular weight excluding hydrogens is 368 g/mol. The smallest absolute Gasteiger partial charge is 0.326 e. The molecule has 8 heteroatoms. The third-order valence-electron chi connectivity index (χ3n) is 3.06. The van der Waals surface area contributed by atoms with Gasteiger partial charge in [0.2, 0.25) is 0 Å². The minimum Gasteiger partial charge on any atom is -0.463 e. The van der Waals surface area contributed by atoms with Crippen LogP contribution in [0.15, 0.2) is 35.2 Å². The van der Waals surface area contributed by atoms with Crippen molar-refractivity contribution in [2.24, 2.45) is 0 Å². The lowest BCUT2D eigenvalue weighted by molar-refractivity contribution is -0.146. The number of esters is 1. The maximum atomic E-state index is 12.4. The van der Waals surface area contributed by atoms with E-state index in [2.05, 4.69) is 0 Å². The van der Waals surface area contributed by atoms with Crippen LogP contribution in [-0.2, 0) is 14.3 Å². The van der Waals surface area contributed by atoms with Crippen LogP contribution < -0.4 is 0 Å². The fraction of sp³-hybridized carbons (Fsp3) is 0.312. The van der Waals surface area contributed by atoms with Crippen molar-refractivity contribution in [1.82, 2.24) is 9.80 Å². The summed E-state index contributed by atoms with van der Waals surface area (Å²) in [5, 5.41) is 0. The molecular formula is C16H19ClN2O3S2. The Morgan fingerprint density at radius 3 is 2.62 bits per heavy atom. The third-order valence-corrected chi connectivity index (χ3v) is 4.44. The Balaban J connectivity index is 0.00000288. The minimum atomic E-state index is -0.455. The highest BCUT2D eigenvalue weighted by Gasteiger charge is 2.33. The molecule has 24 heavy (non-hydrogen) atoms. The zero-order chi connectivity index (χ0) is 16.8. The van der Waals surface area contributed by atoms with Crippen LogP contribution in [-0.4, -0.2) is 59.8 Å². The zero-order valence-corrected chi connectivity index (χ0v) is 15.9. The average molecular weight is 387 g/mol. The van der Waals surface area contributed by atoms with Crippen molar-refractivity contribution < 1.29 is 14.3 Å². The maximum Gasteiger partial charge on any atom is 0.326 e. The monoisotopic (exact) mass is 386 g/mol. The molecule has 0 spiro atoms. The van der Waals surface area contributed by atoms with E-state index in [1.54, 1.807) is 6.08 Å². The fourth-order valence-corrected chi connectivity index (χ4v) is 3.11. The Morgan fingerprint density at radius 2 is 2.00 bits per heavy atom. The molecule has 130 valence electrons. The van der Waals surface area contributed by atoms with Crippen molar-refractivity contribution >= 4 is 58.7 Å². The van der Waals surface area contributed by atoms with Gasteiger partial charge in [0.1, 0.15) is 17.5 Å². The predicted molar refractivity (Wildman–Crippen MR) is 103 cm³/mol. The van der Waals surface area contributed by atoms with Crippen molar-refractivity contribution in [2.75, 3.05) is 33.8 Å². The Bertz CT molecular complexity index is 635. The minimum absolute atomic E-state index is 0. The molecule has 0 N–H and O–H groups in total. The fourth-order valence-electron chi connectivity index (χ4n) is 1.85. The summed E-state index contributed by atoms with van der Waals surface area (Å²) in [6, 6.07) is 9.51. The predicted octanol–water partition coefficient (Wildman–Crippen LogP) is 2.41. The Hall–Kier alpha value is -1.41. The van der Waals surface area contributed by atoms with Gasteiger partial charge in [0, 0.05) is 6.54 Å². The topological polar surface area (TPSA) is 49.9 Å². The molecule has 1 aromatic rings. The van der Waals surface area contributed by atoms with Gasteiger partial charge in [-0.1, -0.05) is 54.3 Å². The quantitative estimate of drug-likeness (QED) is 0.425. The number of carbonyl (C=O) groups is 2. The lowest BCUT2D eigenvalue weighted by Crippen LogP contribution is -2.35. The first-order valence-corrected chi connectivity index (χ1v) is 8.30. The van der Waals surface area contributed by atoms with E-state index in [9.17, 15) is 9.59 Å². The van der Waals surface area contributed by atoms with E-state index >= 15 is 0 Å². The lowest BCUT2D eigenvalue weighted by Gasteiger charge is -2.14. The van der Waals surface area contributed by atoms with Crippen LogP contribution in [0, 0.1) is 0 Å². The summed E-state index contributed by atoms with van der Waals surface area (Å²) in [7, 11) is 3.79. The number of halogens is 1. The van der Waals surface area contributed by atoms with Gasteiger partial charge in [-0.15, -0.1) is 12.4 Å². The van der Waals surface area contributed by atoms with Crippen molar-refractivity contribution in [3.63, 3.8) is 0 Å². The summed E-state index contributed by atoms with van der Waals surface area (Å²) in [4.78, 5) is 27.9. The molecule has 1 aliphatic rings. The van der Waals surface area contributed by atoms with E-state index in [4.69, 9.17) is 17.0 Å². The number of carbonyl (C=O) groups excluding carboxylic acids is 2. The summed E-state index contributed by atoms with van der Waals surface area (Å²) >= 11 is 6.39. The molecule has 1 saturated heterocycles. The molecule has 2 rings (SSSR count). The van der Waals surface area contributed by atoms with Gasteiger partial charge in [0.15, 0.2) is 0 Å². The standard InChI is InChI=1S/C16H18N2O3S2.ClH/c1-17(2)8-9-21-14(19)11-18-15(20)13(23-16(18)22)10-12-6-4-3-5-7-12;/h3-7,10H,8-9,11H2,1-2H3;1H/b13-10-;. The number of likely N-dealkylation sites (N-methyl/N-ethyl adjacent to an activating group) is 1. The number of amides is 1. The van der Waals surface area contributed by atoms with Crippen molar-refractivity contribution in [1.29, 1.82) is 0 Å². The van der Waals surface area contributed by atoms with Crippen molar-refractivity contribution in [3.05, 3.63) is 40.8 Å². The van der Waals surface area contributed by atoms with E-state index in [1.165, 1.54) is 16.7 Å². The van der Waals surface area contributed by atoms with Crippen LogP contribution in [0.1, 0.15) is 5.56 Å². The third kappa shape index (κ3) is 5.90. The van der Waals surface area contributed by atoms with Gasteiger partial charge in [-0.25, -0.2) is 0 Å². The normalized spacial score (nSPS) is 15.8.